The summed E-state index contributed by atoms with van der Waals surface area (Å²) in [5.41, 5.74) is 1.89. The number of aryl methyl sites for hydroxylation is 1. The van der Waals surface area contributed by atoms with E-state index in [1.54, 1.807) is 11.0 Å². The van der Waals surface area contributed by atoms with Gasteiger partial charge in [0, 0.05) is 36.5 Å². The predicted molar refractivity (Wildman–Crippen MR) is 95.7 cm³/mol. The fraction of sp³-hybridized carbons (Fsp3) is 0.450. The molecule has 1 N–H and O–H groups in total. The number of carbonyl (C=O) groups excluding carboxylic acids is 1. The number of piperidine rings is 1. The summed E-state index contributed by atoms with van der Waals surface area (Å²) in [6.07, 6.45) is 7.65. The van der Waals surface area contributed by atoms with Crippen molar-refractivity contribution in [1.29, 1.82) is 0 Å². The summed E-state index contributed by atoms with van der Waals surface area (Å²) < 4.78 is 5.98. The molecule has 0 atom stereocenters. The molecule has 2 aromatic rings. The van der Waals surface area contributed by atoms with Gasteiger partial charge in [0.2, 0.25) is 5.91 Å². The lowest BCUT2D eigenvalue weighted by molar-refractivity contribution is -0.127. The van der Waals surface area contributed by atoms with Gasteiger partial charge < -0.3 is 14.4 Å². The van der Waals surface area contributed by atoms with Crippen LogP contribution in [0.25, 0.3) is 17.0 Å². The van der Waals surface area contributed by atoms with Crippen LogP contribution >= 0.6 is 0 Å². The maximum Gasteiger partial charge on any atom is 0.246 e. The molecule has 24 heavy (non-hydrogen) atoms. The highest BCUT2D eigenvalue weighted by Gasteiger charge is 2.20. The Morgan fingerprint density at radius 1 is 1.33 bits per heavy atom. The molecular formula is C20H25NO3. The van der Waals surface area contributed by atoms with E-state index in [4.69, 9.17) is 4.42 Å². The molecule has 1 aromatic heterocycles. The molecule has 0 unspecified atom stereocenters. The smallest absolute Gasteiger partial charge is 0.246 e. The number of furan rings is 1. The minimum atomic E-state index is -0.267. The van der Waals surface area contributed by atoms with Crippen molar-refractivity contribution in [2.75, 3.05) is 13.1 Å². The molecule has 1 saturated heterocycles. The third-order valence-electron chi connectivity index (χ3n) is 4.64. The zero-order valence-electron chi connectivity index (χ0n) is 14.2. The second kappa shape index (κ2) is 7.67. The van der Waals surface area contributed by atoms with Crippen LogP contribution in [0.5, 0.6) is 0 Å². The number of nitrogens with zero attached hydrogens (tertiary/aromatic N) is 1. The summed E-state index contributed by atoms with van der Waals surface area (Å²) in [6, 6.07) is 7.96. The molecule has 4 nitrogen and oxygen atoms in total. The molecule has 1 aromatic carbocycles. The average Bonchev–Trinajstić information content (AvgIpc) is 2.96. The number of benzene rings is 1. The molecule has 4 heteroatoms. The van der Waals surface area contributed by atoms with Crippen LogP contribution < -0.4 is 0 Å². The molecule has 0 radical (unpaired) electrons. The van der Waals surface area contributed by atoms with Crippen molar-refractivity contribution in [3.8, 4) is 0 Å². The predicted octanol–water partition coefficient (Wildman–Crippen LogP) is 3.77. The lowest BCUT2D eigenvalue weighted by Gasteiger charge is -2.28. The van der Waals surface area contributed by atoms with Crippen molar-refractivity contribution in [2.45, 2.75) is 45.1 Å². The quantitative estimate of drug-likeness (QED) is 0.851. The second-order valence-corrected chi connectivity index (χ2v) is 6.43. The highest BCUT2D eigenvalue weighted by molar-refractivity contribution is 5.96. The van der Waals surface area contributed by atoms with E-state index in [9.17, 15) is 9.90 Å². The zero-order chi connectivity index (χ0) is 16.9. The second-order valence-electron chi connectivity index (χ2n) is 6.43. The maximum atomic E-state index is 12.4. The monoisotopic (exact) mass is 327 g/mol. The third kappa shape index (κ3) is 3.70. The van der Waals surface area contributed by atoms with Crippen LogP contribution in [0.1, 0.15) is 43.9 Å². The Morgan fingerprint density at radius 2 is 2.08 bits per heavy atom. The van der Waals surface area contributed by atoms with Crippen molar-refractivity contribution in [3.05, 3.63) is 41.7 Å². The van der Waals surface area contributed by atoms with Crippen LogP contribution in [0.15, 0.2) is 34.8 Å². The van der Waals surface area contributed by atoms with Gasteiger partial charge in [0.05, 0.1) is 6.10 Å². The van der Waals surface area contributed by atoms with Gasteiger partial charge in [0.15, 0.2) is 0 Å². The van der Waals surface area contributed by atoms with Gasteiger partial charge in [-0.25, -0.2) is 0 Å². The van der Waals surface area contributed by atoms with Crippen LogP contribution in [-0.4, -0.2) is 35.1 Å². The average molecular weight is 327 g/mol. The number of carbonyl (C=O) groups is 1. The first-order valence-corrected chi connectivity index (χ1v) is 8.84. The van der Waals surface area contributed by atoms with Gasteiger partial charge in [-0.3, -0.25) is 4.79 Å². The Kier molecular flexibility index (Phi) is 5.36. The Labute approximate surface area is 142 Å². The molecule has 3 rings (SSSR count). The number of amides is 1. The number of hydrogen-bond acceptors (Lipinski definition) is 3. The van der Waals surface area contributed by atoms with E-state index < -0.39 is 0 Å². The Hall–Kier alpha value is -2.07. The standard InChI is InChI=1S/C20H25NO3/c1-2-3-7-18-17(16-6-4-5-8-19(16)24-18)9-10-20(23)21-13-11-15(22)12-14-21/h4-6,8-10,15,22H,2-3,7,11-14H2,1H3. The van der Waals surface area contributed by atoms with Gasteiger partial charge in [-0.1, -0.05) is 31.5 Å². The van der Waals surface area contributed by atoms with Gasteiger partial charge in [0.1, 0.15) is 11.3 Å². The number of fused-ring (bicyclic) bond motifs is 1. The van der Waals surface area contributed by atoms with E-state index in [2.05, 4.69) is 6.92 Å². The molecule has 128 valence electrons. The van der Waals surface area contributed by atoms with E-state index in [1.165, 1.54) is 0 Å². The van der Waals surface area contributed by atoms with E-state index in [1.807, 2.05) is 30.3 Å². The van der Waals surface area contributed by atoms with Crippen molar-refractivity contribution in [3.63, 3.8) is 0 Å². The number of unbranched alkanes of at least 4 members (excludes halogenated alkanes) is 1. The van der Waals surface area contributed by atoms with Crippen molar-refractivity contribution in [2.24, 2.45) is 0 Å². The van der Waals surface area contributed by atoms with Crippen LogP contribution in [0, 0.1) is 0 Å². The highest BCUT2D eigenvalue weighted by atomic mass is 16.3. The molecule has 1 aliphatic rings. The first-order chi connectivity index (χ1) is 11.7. The maximum absolute atomic E-state index is 12.4. The first kappa shape index (κ1) is 16.8. The molecule has 1 aliphatic heterocycles. The van der Waals surface area contributed by atoms with Crippen LogP contribution in [0.4, 0.5) is 0 Å². The normalized spacial score (nSPS) is 16.3. The third-order valence-corrected chi connectivity index (χ3v) is 4.64. The SMILES string of the molecule is CCCCc1oc2ccccc2c1C=CC(=O)N1CCC(O)CC1. The summed E-state index contributed by atoms with van der Waals surface area (Å²) in [5.74, 6) is 0.963. The van der Waals surface area contributed by atoms with Crippen molar-refractivity contribution >= 4 is 23.0 Å². The summed E-state index contributed by atoms with van der Waals surface area (Å²) in [6.45, 7) is 3.41. The lowest BCUT2D eigenvalue weighted by atomic mass is 10.1. The van der Waals surface area contributed by atoms with Crippen LogP contribution in [-0.2, 0) is 11.2 Å². The molecule has 0 bridgehead atoms. The molecular weight excluding hydrogens is 302 g/mol. The lowest BCUT2D eigenvalue weighted by Crippen LogP contribution is -2.39. The fourth-order valence-electron chi connectivity index (χ4n) is 3.17. The molecule has 0 spiro atoms. The Balaban J connectivity index is 1.81. The molecule has 0 saturated carbocycles. The Bertz CT molecular complexity index is 724. The number of rotatable bonds is 5. The van der Waals surface area contributed by atoms with Gasteiger partial charge in [-0.05, 0) is 31.4 Å². The molecule has 2 heterocycles. The number of aliphatic hydroxyl groups is 1. The zero-order valence-corrected chi connectivity index (χ0v) is 14.2. The van der Waals surface area contributed by atoms with Gasteiger partial charge in [-0.15, -0.1) is 0 Å². The van der Waals surface area contributed by atoms with Crippen LogP contribution in [0.3, 0.4) is 0 Å². The van der Waals surface area contributed by atoms with E-state index in [0.29, 0.717) is 25.9 Å². The van der Waals surface area contributed by atoms with Gasteiger partial charge >= 0.3 is 0 Å². The highest BCUT2D eigenvalue weighted by Crippen LogP contribution is 2.28. The van der Waals surface area contributed by atoms with E-state index >= 15 is 0 Å². The van der Waals surface area contributed by atoms with Gasteiger partial charge in [-0.2, -0.15) is 0 Å². The summed E-state index contributed by atoms with van der Waals surface area (Å²) in [4.78, 5) is 14.2. The minimum Gasteiger partial charge on any atom is -0.460 e. The fourth-order valence-corrected chi connectivity index (χ4v) is 3.17. The van der Waals surface area contributed by atoms with E-state index in [0.717, 1.165) is 41.6 Å². The molecule has 1 fully saturated rings. The molecule has 0 aliphatic carbocycles. The summed E-state index contributed by atoms with van der Waals surface area (Å²) >= 11 is 0. The summed E-state index contributed by atoms with van der Waals surface area (Å²) in [5, 5.41) is 10.6. The Morgan fingerprint density at radius 3 is 2.83 bits per heavy atom. The van der Waals surface area contributed by atoms with E-state index in [-0.39, 0.29) is 12.0 Å². The minimum absolute atomic E-state index is 0.00798. The van der Waals surface area contributed by atoms with Crippen LogP contribution in [0.2, 0.25) is 0 Å². The number of likely N-dealkylation sites (tertiary alicyclic amines) is 1. The summed E-state index contributed by atoms with van der Waals surface area (Å²) in [7, 11) is 0. The first-order valence-electron chi connectivity index (χ1n) is 8.84. The van der Waals surface area contributed by atoms with Gasteiger partial charge in [0.25, 0.3) is 0 Å². The number of aliphatic hydroxyl groups excluding tert-OH is 1. The van der Waals surface area contributed by atoms with Crippen molar-refractivity contribution in [1.82, 2.24) is 4.90 Å². The number of para-hydroxylation sites is 1. The largest absolute Gasteiger partial charge is 0.460 e. The number of hydrogen-bond donors (Lipinski definition) is 1. The topological polar surface area (TPSA) is 53.7 Å². The molecule has 1 amide bonds. The van der Waals surface area contributed by atoms with Crippen molar-refractivity contribution < 1.29 is 14.3 Å².